The van der Waals surface area contributed by atoms with Gasteiger partial charge in [-0.05, 0) is 18.6 Å². The lowest BCUT2D eigenvalue weighted by Gasteiger charge is -2.09. The average Bonchev–Trinajstić information content (AvgIpc) is 2.85. The summed E-state index contributed by atoms with van der Waals surface area (Å²) in [5.41, 5.74) is 0.808. The summed E-state index contributed by atoms with van der Waals surface area (Å²) in [5.74, 6) is 1.75. The lowest BCUT2D eigenvalue weighted by atomic mass is 10.3. The Morgan fingerprint density at radius 2 is 2.14 bits per heavy atom. The number of pyridine rings is 1. The van der Waals surface area contributed by atoms with E-state index in [0.717, 1.165) is 28.8 Å². The summed E-state index contributed by atoms with van der Waals surface area (Å²) in [4.78, 5) is 17.4. The summed E-state index contributed by atoms with van der Waals surface area (Å²) in [6.45, 7) is 0. The summed E-state index contributed by atoms with van der Waals surface area (Å²) in [6.07, 6.45) is 3.13. The summed E-state index contributed by atoms with van der Waals surface area (Å²) in [5, 5.41) is 9.21. The van der Waals surface area contributed by atoms with Crippen LogP contribution >= 0.6 is 11.8 Å². The van der Waals surface area contributed by atoms with Gasteiger partial charge in [-0.1, -0.05) is 17.8 Å². The molecule has 0 N–H and O–H groups in total. The molecule has 0 spiro atoms. The van der Waals surface area contributed by atoms with Crippen LogP contribution in [-0.2, 0) is 11.8 Å². The Balaban J connectivity index is 1.91. The second kappa shape index (κ2) is 7.21. The lowest BCUT2D eigenvalue weighted by molar-refractivity contribution is -0.128. The molecule has 0 atom stereocenters. The molecule has 7 heteroatoms. The third-order valence-electron chi connectivity index (χ3n) is 2.99. The Kier molecular flexibility index (Phi) is 5.32. The van der Waals surface area contributed by atoms with Crippen molar-refractivity contribution in [1.29, 1.82) is 0 Å². The Bertz CT molecular complexity index is 597. The molecule has 6 nitrogen and oxygen atoms in total. The number of amides is 1. The second-order valence-electron chi connectivity index (χ2n) is 4.82. The zero-order chi connectivity index (χ0) is 15.2. The largest absolute Gasteiger partial charge is 0.349 e. The van der Waals surface area contributed by atoms with Crippen LogP contribution in [0.25, 0.3) is 11.5 Å². The lowest BCUT2D eigenvalue weighted by Crippen LogP contribution is -2.21. The third-order valence-corrected chi connectivity index (χ3v) is 4.10. The van der Waals surface area contributed by atoms with E-state index >= 15 is 0 Å². The topological polar surface area (TPSA) is 63.9 Å². The summed E-state index contributed by atoms with van der Waals surface area (Å²) < 4.78 is 1.93. The van der Waals surface area contributed by atoms with Crippen LogP contribution in [0, 0.1) is 0 Å². The first kappa shape index (κ1) is 15.5. The van der Waals surface area contributed by atoms with Gasteiger partial charge in [-0.25, -0.2) is 0 Å². The van der Waals surface area contributed by atoms with Crippen LogP contribution < -0.4 is 0 Å². The molecule has 0 saturated carbocycles. The highest BCUT2D eigenvalue weighted by atomic mass is 32.2. The minimum atomic E-state index is 0.155. The molecule has 0 unspecified atom stereocenters. The van der Waals surface area contributed by atoms with Crippen molar-refractivity contribution in [3.05, 3.63) is 24.4 Å². The van der Waals surface area contributed by atoms with Gasteiger partial charge in [0.15, 0.2) is 11.0 Å². The fourth-order valence-electron chi connectivity index (χ4n) is 1.77. The first-order chi connectivity index (χ1) is 10.1. The van der Waals surface area contributed by atoms with Gasteiger partial charge in [0.1, 0.15) is 5.69 Å². The van der Waals surface area contributed by atoms with E-state index in [1.54, 1.807) is 37.0 Å². The fraction of sp³-hybridized carbons (Fsp3) is 0.429. The zero-order valence-electron chi connectivity index (χ0n) is 12.5. The van der Waals surface area contributed by atoms with Crippen LogP contribution in [0.5, 0.6) is 0 Å². The molecule has 1 amide bonds. The first-order valence-corrected chi connectivity index (χ1v) is 7.72. The van der Waals surface area contributed by atoms with Gasteiger partial charge in [0.25, 0.3) is 0 Å². The number of thioether (sulfide) groups is 1. The van der Waals surface area contributed by atoms with Crippen molar-refractivity contribution >= 4 is 17.7 Å². The maximum absolute atomic E-state index is 11.5. The van der Waals surface area contributed by atoms with Crippen LogP contribution in [0.3, 0.4) is 0 Å². The summed E-state index contributed by atoms with van der Waals surface area (Å²) in [7, 11) is 5.48. The van der Waals surface area contributed by atoms with Crippen LogP contribution in [0.15, 0.2) is 29.6 Å². The Morgan fingerprint density at radius 3 is 2.81 bits per heavy atom. The number of aromatic nitrogens is 4. The molecular formula is C14H19N5OS. The van der Waals surface area contributed by atoms with Crippen molar-refractivity contribution in [3.63, 3.8) is 0 Å². The molecule has 2 aromatic heterocycles. The molecule has 21 heavy (non-hydrogen) atoms. The predicted octanol–water partition coefficient (Wildman–Crippen LogP) is 1.84. The monoisotopic (exact) mass is 305 g/mol. The molecule has 0 aliphatic rings. The Morgan fingerprint density at radius 1 is 1.33 bits per heavy atom. The number of hydrogen-bond acceptors (Lipinski definition) is 5. The first-order valence-electron chi connectivity index (χ1n) is 6.73. The number of nitrogens with zero attached hydrogens (tertiary/aromatic N) is 5. The molecule has 0 fully saturated rings. The van der Waals surface area contributed by atoms with Gasteiger partial charge in [0.2, 0.25) is 5.91 Å². The molecule has 0 radical (unpaired) electrons. The number of hydrogen-bond donors (Lipinski definition) is 0. The molecule has 0 aromatic carbocycles. The van der Waals surface area contributed by atoms with Crippen molar-refractivity contribution in [2.24, 2.45) is 7.05 Å². The van der Waals surface area contributed by atoms with Crippen LogP contribution in [0.1, 0.15) is 12.8 Å². The van der Waals surface area contributed by atoms with Crippen molar-refractivity contribution in [1.82, 2.24) is 24.6 Å². The van der Waals surface area contributed by atoms with Gasteiger partial charge in [0, 0.05) is 39.5 Å². The standard InChI is InChI=1S/C14H19N5OS/c1-18(2)12(20)8-6-10-21-14-17-16-13(19(14)3)11-7-4-5-9-15-11/h4-5,7,9H,6,8,10H2,1-3H3. The van der Waals surface area contributed by atoms with E-state index in [-0.39, 0.29) is 5.91 Å². The highest BCUT2D eigenvalue weighted by molar-refractivity contribution is 7.99. The van der Waals surface area contributed by atoms with Crippen LogP contribution in [-0.4, -0.2) is 50.4 Å². The van der Waals surface area contributed by atoms with Crippen molar-refractivity contribution in [3.8, 4) is 11.5 Å². The van der Waals surface area contributed by atoms with E-state index < -0.39 is 0 Å². The molecule has 0 saturated heterocycles. The van der Waals surface area contributed by atoms with Crippen molar-refractivity contribution in [2.45, 2.75) is 18.0 Å². The van der Waals surface area contributed by atoms with Gasteiger partial charge in [-0.2, -0.15) is 0 Å². The van der Waals surface area contributed by atoms with Crippen LogP contribution in [0.4, 0.5) is 0 Å². The number of carbonyl (C=O) groups is 1. The number of carbonyl (C=O) groups excluding carboxylic acids is 1. The normalized spacial score (nSPS) is 10.6. The highest BCUT2D eigenvalue weighted by Crippen LogP contribution is 2.21. The Labute approximate surface area is 128 Å². The van der Waals surface area contributed by atoms with E-state index in [0.29, 0.717) is 6.42 Å². The van der Waals surface area contributed by atoms with Gasteiger partial charge < -0.3 is 9.47 Å². The van der Waals surface area contributed by atoms with Crippen molar-refractivity contribution in [2.75, 3.05) is 19.8 Å². The molecule has 2 rings (SSSR count). The number of rotatable bonds is 6. The molecule has 0 bridgehead atoms. The van der Waals surface area contributed by atoms with E-state index in [9.17, 15) is 4.79 Å². The van der Waals surface area contributed by atoms with E-state index in [2.05, 4.69) is 15.2 Å². The van der Waals surface area contributed by atoms with Crippen LogP contribution in [0.2, 0.25) is 0 Å². The van der Waals surface area contributed by atoms with Gasteiger partial charge in [-0.15, -0.1) is 10.2 Å². The van der Waals surface area contributed by atoms with E-state index in [4.69, 9.17) is 0 Å². The summed E-state index contributed by atoms with van der Waals surface area (Å²) in [6, 6.07) is 5.71. The van der Waals surface area contributed by atoms with Crippen molar-refractivity contribution < 1.29 is 4.79 Å². The quantitative estimate of drug-likeness (QED) is 0.602. The smallest absolute Gasteiger partial charge is 0.222 e. The SMILES string of the molecule is CN(C)C(=O)CCCSc1nnc(-c2ccccn2)n1C. The third kappa shape index (κ3) is 4.04. The summed E-state index contributed by atoms with van der Waals surface area (Å²) >= 11 is 1.61. The van der Waals surface area contributed by atoms with E-state index in [1.807, 2.05) is 29.8 Å². The van der Waals surface area contributed by atoms with E-state index in [1.165, 1.54) is 0 Å². The molecule has 2 aromatic rings. The zero-order valence-corrected chi connectivity index (χ0v) is 13.3. The van der Waals surface area contributed by atoms with Gasteiger partial charge in [0.05, 0.1) is 0 Å². The molecule has 2 heterocycles. The predicted molar refractivity (Wildman–Crippen MR) is 82.9 cm³/mol. The second-order valence-corrected chi connectivity index (χ2v) is 5.88. The highest BCUT2D eigenvalue weighted by Gasteiger charge is 2.12. The minimum absolute atomic E-state index is 0.155. The molecular weight excluding hydrogens is 286 g/mol. The fourth-order valence-corrected chi connectivity index (χ4v) is 2.62. The van der Waals surface area contributed by atoms with Gasteiger partial charge >= 0.3 is 0 Å². The molecule has 0 aliphatic heterocycles. The molecule has 0 aliphatic carbocycles. The maximum Gasteiger partial charge on any atom is 0.222 e. The minimum Gasteiger partial charge on any atom is -0.349 e. The maximum atomic E-state index is 11.5. The average molecular weight is 305 g/mol. The Hall–Kier alpha value is -1.89. The molecule has 112 valence electrons. The van der Waals surface area contributed by atoms with Gasteiger partial charge in [-0.3, -0.25) is 9.78 Å².